The molecule has 0 radical (unpaired) electrons. The fourth-order valence-electron chi connectivity index (χ4n) is 2.05. The van der Waals surface area contributed by atoms with Gasteiger partial charge in [-0.1, -0.05) is 12.1 Å². The minimum Gasteiger partial charge on any atom is -0.357 e. The lowest BCUT2D eigenvalue weighted by atomic mass is 10.1. The number of rotatable bonds is 7. The van der Waals surface area contributed by atoms with Gasteiger partial charge in [-0.05, 0) is 31.0 Å². The third kappa shape index (κ3) is 5.81. The van der Waals surface area contributed by atoms with Crippen molar-refractivity contribution in [2.24, 2.45) is 4.99 Å². The molecule has 24 heavy (non-hydrogen) atoms. The Morgan fingerprint density at radius 3 is 2.62 bits per heavy atom. The number of thiazole rings is 1. The highest BCUT2D eigenvalue weighted by atomic mass is 32.1. The zero-order valence-electron chi connectivity index (χ0n) is 14.3. The maximum Gasteiger partial charge on any atom is 0.191 e. The molecule has 0 atom stereocenters. The fraction of sp³-hybridized carbons (Fsp3) is 0.412. The summed E-state index contributed by atoms with van der Waals surface area (Å²) in [6.45, 7) is 4.10. The first kappa shape index (κ1) is 18.2. The molecule has 5 nitrogen and oxygen atoms in total. The molecule has 2 N–H and O–H groups in total. The van der Waals surface area contributed by atoms with Gasteiger partial charge in [0, 0.05) is 32.6 Å². The van der Waals surface area contributed by atoms with Crippen LogP contribution in [-0.4, -0.2) is 38.1 Å². The molecule has 0 spiro atoms. The van der Waals surface area contributed by atoms with Crippen LogP contribution in [0.15, 0.2) is 34.6 Å². The third-order valence-corrected chi connectivity index (χ3v) is 4.34. The maximum absolute atomic E-state index is 12.9. The van der Waals surface area contributed by atoms with Gasteiger partial charge in [0.15, 0.2) is 11.1 Å². The average molecular weight is 349 g/mol. The molecule has 0 aliphatic heterocycles. The molecule has 0 bridgehead atoms. The Labute approximate surface area is 146 Å². The average Bonchev–Trinajstić information content (AvgIpc) is 3.04. The highest BCUT2D eigenvalue weighted by molar-refractivity contribution is 7.13. The van der Waals surface area contributed by atoms with E-state index in [2.05, 4.69) is 20.6 Å². The van der Waals surface area contributed by atoms with E-state index in [1.54, 1.807) is 23.5 Å². The van der Waals surface area contributed by atoms with Crippen LogP contribution in [-0.2, 0) is 13.0 Å². The lowest BCUT2D eigenvalue weighted by Crippen LogP contribution is -2.38. The van der Waals surface area contributed by atoms with E-state index in [0.717, 1.165) is 41.9 Å². The summed E-state index contributed by atoms with van der Waals surface area (Å²) in [4.78, 5) is 11.1. The van der Waals surface area contributed by atoms with Crippen molar-refractivity contribution in [1.29, 1.82) is 0 Å². The second-order valence-corrected chi connectivity index (χ2v) is 6.35. The molecule has 2 rings (SSSR count). The zero-order chi connectivity index (χ0) is 17.4. The van der Waals surface area contributed by atoms with Crippen molar-refractivity contribution in [2.75, 3.05) is 32.1 Å². The predicted octanol–water partition coefficient (Wildman–Crippen LogP) is 2.65. The molecule has 1 aromatic heterocycles. The molecule has 1 heterocycles. The summed E-state index contributed by atoms with van der Waals surface area (Å²) in [5, 5.41) is 9.53. The molecule has 0 saturated heterocycles. The van der Waals surface area contributed by atoms with Crippen LogP contribution in [0.25, 0.3) is 0 Å². The topological polar surface area (TPSA) is 52.6 Å². The van der Waals surface area contributed by atoms with E-state index in [9.17, 15) is 4.39 Å². The lowest BCUT2D eigenvalue weighted by Gasteiger charge is -2.11. The highest BCUT2D eigenvalue weighted by Gasteiger charge is 2.04. The van der Waals surface area contributed by atoms with Gasteiger partial charge in [-0.25, -0.2) is 14.4 Å². The van der Waals surface area contributed by atoms with Crippen LogP contribution in [0.2, 0.25) is 0 Å². The van der Waals surface area contributed by atoms with Crippen molar-refractivity contribution in [1.82, 2.24) is 15.6 Å². The largest absolute Gasteiger partial charge is 0.357 e. The minimum absolute atomic E-state index is 0.207. The van der Waals surface area contributed by atoms with Crippen LogP contribution in [0.5, 0.6) is 0 Å². The molecular formula is C17H24FN5S. The van der Waals surface area contributed by atoms with Crippen LogP contribution in [0.4, 0.5) is 9.52 Å². The number of benzene rings is 1. The number of hydrogen-bond acceptors (Lipinski definition) is 4. The summed E-state index contributed by atoms with van der Waals surface area (Å²) in [5.74, 6) is 0.556. The van der Waals surface area contributed by atoms with Gasteiger partial charge in [-0.3, -0.25) is 0 Å². The Kier molecular flexibility index (Phi) is 6.99. The maximum atomic E-state index is 12.9. The Bertz CT molecular complexity index is 651. The number of aliphatic imine (C=N–C) groups is 1. The first-order valence-electron chi connectivity index (χ1n) is 7.97. The Hall–Kier alpha value is -2.15. The fourth-order valence-corrected chi connectivity index (χ4v) is 2.80. The van der Waals surface area contributed by atoms with Crippen LogP contribution >= 0.6 is 11.3 Å². The van der Waals surface area contributed by atoms with Crippen molar-refractivity contribution < 1.29 is 4.39 Å². The number of anilines is 1. The molecule has 7 heteroatoms. The lowest BCUT2D eigenvalue weighted by molar-refractivity contribution is 0.626. The smallest absolute Gasteiger partial charge is 0.191 e. The van der Waals surface area contributed by atoms with E-state index in [-0.39, 0.29) is 5.82 Å². The first-order valence-corrected chi connectivity index (χ1v) is 8.84. The zero-order valence-corrected chi connectivity index (χ0v) is 15.2. The Morgan fingerprint density at radius 2 is 2.00 bits per heavy atom. The van der Waals surface area contributed by atoms with Gasteiger partial charge in [-0.15, -0.1) is 11.3 Å². The van der Waals surface area contributed by atoms with Gasteiger partial charge in [0.1, 0.15) is 5.82 Å². The molecule has 0 aliphatic carbocycles. The number of hydrogen-bond donors (Lipinski definition) is 2. The van der Waals surface area contributed by atoms with Crippen LogP contribution in [0.1, 0.15) is 18.2 Å². The summed E-state index contributed by atoms with van der Waals surface area (Å²) in [6.07, 6.45) is 0.812. The number of halogens is 1. The quantitative estimate of drug-likeness (QED) is 0.596. The SMILES string of the molecule is CCNC(=NCc1csc(N(C)C)n1)NCCc1ccc(F)cc1. The summed E-state index contributed by atoms with van der Waals surface area (Å²) >= 11 is 1.61. The minimum atomic E-state index is -0.207. The monoisotopic (exact) mass is 349 g/mol. The van der Waals surface area contributed by atoms with E-state index in [1.807, 2.05) is 31.3 Å². The van der Waals surface area contributed by atoms with Gasteiger partial charge in [0.2, 0.25) is 0 Å². The summed E-state index contributed by atoms with van der Waals surface area (Å²) in [6, 6.07) is 6.58. The van der Waals surface area contributed by atoms with E-state index in [0.29, 0.717) is 6.54 Å². The molecule has 2 aromatic rings. The normalized spacial score (nSPS) is 11.4. The van der Waals surface area contributed by atoms with Gasteiger partial charge >= 0.3 is 0 Å². The molecule has 0 amide bonds. The van der Waals surface area contributed by atoms with Crippen molar-refractivity contribution in [3.63, 3.8) is 0 Å². The van der Waals surface area contributed by atoms with Gasteiger partial charge in [-0.2, -0.15) is 0 Å². The van der Waals surface area contributed by atoms with E-state index < -0.39 is 0 Å². The standard InChI is InChI=1S/C17H24FN5S/c1-4-19-16(20-10-9-13-5-7-14(18)8-6-13)21-11-15-12-24-17(22-15)23(2)3/h5-8,12H,4,9-11H2,1-3H3,(H2,19,20,21). The number of guanidine groups is 1. The van der Waals surface area contributed by atoms with E-state index in [1.165, 1.54) is 12.1 Å². The van der Waals surface area contributed by atoms with Crippen molar-refractivity contribution in [3.8, 4) is 0 Å². The number of aromatic nitrogens is 1. The summed E-state index contributed by atoms with van der Waals surface area (Å²) in [7, 11) is 3.96. The summed E-state index contributed by atoms with van der Waals surface area (Å²) < 4.78 is 12.9. The van der Waals surface area contributed by atoms with Crippen molar-refractivity contribution in [3.05, 3.63) is 46.7 Å². The second-order valence-electron chi connectivity index (χ2n) is 5.51. The van der Waals surface area contributed by atoms with Crippen LogP contribution in [0, 0.1) is 5.82 Å². The molecule has 0 fully saturated rings. The second kappa shape index (κ2) is 9.22. The van der Waals surface area contributed by atoms with E-state index >= 15 is 0 Å². The third-order valence-electron chi connectivity index (χ3n) is 3.28. The first-order chi connectivity index (χ1) is 11.6. The molecule has 1 aromatic carbocycles. The highest BCUT2D eigenvalue weighted by Crippen LogP contribution is 2.18. The molecule has 0 aliphatic rings. The van der Waals surface area contributed by atoms with Gasteiger partial charge < -0.3 is 15.5 Å². The molecule has 0 saturated carbocycles. The number of nitrogens with one attached hydrogen (secondary N) is 2. The number of nitrogens with zero attached hydrogens (tertiary/aromatic N) is 3. The predicted molar refractivity (Wildman–Crippen MR) is 99.4 cm³/mol. The Morgan fingerprint density at radius 1 is 1.25 bits per heavy atom. The summed E-state index contributed by atoms with van der Waals surface area (Å²) in [5.41, 5.74) is 2.05. The van der Waals surface area contributed by atoms with Crippen molar-refractivity contribution in [2.45, 2.75) is 19.9 Å². The van der Waals surface area contributed by atoms with Gasteiger partial charge in [0.05, 0.1) is 12.2 Å². The van der Waals surface area contributed by atoms with Crippen LogP contribution < -0.4 is 15.5 Å². The van der Waals surface area contributed by atoms with Crippen molar-refractivity contribution >= 4 is 22.4 Å². The van der Waals surface area contributed by atoms with Gasteiger partial charge in [0.25, 0.3) is 0 Å². The van der Waals surface area contributed by atoms with E-state index in [4.69, 9.17) is 0 Å². The molecule has 0 unspecified atom stereocenters. The molecular weight excluding hydrogens is 325 g/mol. The Balaban J connectivity index is 1.86. The molecule has 130 valence electrons. The van der Waals surface area contributed by atoms with Crippen LogP contribution in [0.3, 0.4) is 0 Å².